The molecule has 0 saturated carbocycles. The van der Waals surface area contributed by atoms with E-state index in [4.69, 9.17) is 11.6 Å². The van der Waals surface area contributed by atoms with E-state index in [1.165, 1.54) is 0 Å². The predicted octanol–water partition coefficient (Wildman–Crippen LogP) is 3.88. The number of nitrogens with one attached hydrogen (secondary N) is 2. The maximum atomic E-state index is 12.6. The summed E-state index contributed by atoms with van der Waals surface area (Å²) in [5, 5.41) is 5.95. The molecule has 2 N–H and O–H groups in total. The number of amides is 2. The molecule has 25 heavy (non-hydrogen) atoms. The molecule has 0 aliphatic carbocycles. The fourth-order valence-corrected chi connectivity index (χ4v) is 1.94. The topological polar surface area (TPSA) is 71.1 Å². The summed E-state index contributed by atoms with van der Waals surface area (Å²) >= 11 is 5.88. The number of carbonyl (C=O) groups excluding carboxylic acids is 2. The molecule has 1 aromatic heterocycles. The van der Waals surface area contributed by atoms with Gasteiger partial charge in [-0.2, -0.15) is 0 Å². The number of hydrogen-bond acceptors (Lipinski definition) is 3. The highest BCUT2D eigenvalue weighted by molar-refractivity contribution is 6.30. The molecular weight excluding hydrogens is 338 g/mol. The number of halogens is 1. The molecule has 6 heteroatoms. The van der Waals surface area contributed by atoms with Gasteiger partial charge in [0, 0.05) is 16.6 Å². The fourth-order valence-electron chi connectivity index (χ4n) is 1.81. The van der Waals surface area contributed by atoms with Gasteiger partial charge in [0.25, 0.3) is 5.91 Å². The van der Waals surface area contributed by atoms with Crippen LogP contribution in [0.2, 0.25) is 5.02 Å². The average molecular weight is 358 g/mol. The second-order valence-corrected chi connectivity index (χ2v) is 6.92. The van der Waals surface area contributed by atoms with Crippen molar-refractivity contribution in [3.8, 4) is 0 Å². The van der Waals surface area contributed by atoms with E-state index in [9.17, 15) is 9.59 Å². The number of aromatic nitrogens is 1. The maximum absolute atomic E-state index is 12.6. The van der Waals surface area contributed by atoms with Crippen LogP contribution in [0.15, 0.2) is 54.4 Å². The lowest BCUT2D eigenvalue weighted by Crippen LogP contribution is -2.38. The first-order chi connectivity index (χ1) is 11.8. The highest BCUT2D eigenvalue weighted by atomic mass is 35.5. The van der Waals surface area contributed by atoms with Crippen LogP contribution in [-0.4, -0.2) is 16.8 Å². The molecule has 0 spiro atoms. The Morgan fingerprint density at radius 3 is 2.32 bits per heavy atom. The van der Waals surface area contributed by atoms with E-state index in [2.05, 4.69) is 15.6 Å². The van der Waals surface area contributed by atoms with Gasteiger partial charge < -0.3 is 10.6 Å². The fraction of sp³-hybridized carbons (Fsp3) is 0.211. The van der Waals surface area contributed by atoms with E-state index in [0.717, 1.165) is 5.56 Å². The zero-order valence-corrected chi connectivity index (χ0v) is 15.1. The SMILES string of the molecule is CC(C)(C)C(=O)N/C(=C/c1ccc(Cl)cc1)C(=O)Nc1ccccn1. The van der Waals surface area contributed by atoms with Crippen LogP contribution in [0.3, 0.4) is 0 Å². The highest BCUT2D eigenvalue weighted by Crippen LogP contribution is 2.16. The van der Waals surface area contributed by atoms with Crippen molar-refractivity contribution in [3.63, 3.8) is 0 Å². The molecule has 0 radical (unpaired) electrons. The van der Waals surface area contributed by atoms with E-state index in [-0.39, 0.29) is 11.6 Å². The Morgan fingerprint density at radius 1 is 1.08 bits per heavy atom. The summed E-state index contributed by atoms with van der Waals surface area (Å²) in [5.74, 6) is -0.311. The maximum Gasteiger partial charge on any atom is 0.273 e. The summed E-state index contributed by atoms with van der Waals surface area (Å²) in [5.41, 5.74) is 0.238. The third-order valence-electron chi connectivity index (χ3n) is 3.26. The van der Waals surface area contributed by atoms with Crippen molar-refractivity contribution in [2.24, 2.45) is 5.41 Å². The van der Waals surface area contributed by atoms with Crippen molar-refractivity contribution in [3.05, 3.63) is 64.9 Å². The van der Waals surface area contributed by atoms with E-state index >= 15 is 0 Å². The van der Waals surface area contributed by atoms with Gasteiger partial charge >= 0.3 is 0 Å². The van der Waals surface area contributed by atoms with Crippen LogP contribution >= 0.6 is 11.6 Å². The standard InChI is InChI=1S/C19H20ClN3O2/c1-19(2,3)18(25)22-15(12-13-7-9-14(20)10-8-13)17(24)23-16-6-4-5-11-21-16/h4-12H,1-3H3,(H,22,25)(H,21,23,24)/b15-12+. The van der Waals surface area contributed by atoms with Gasteiger partial charge in [-0.1, -0.05) is 50.6 Å². The number of nitrogens with zero attached hydrogens (tertiary/aromatic N) is 1. The molecule has 0 unspecified atom stereocenters. The van der Waals surface area contributed by atoms with Crippen molar-refractivity contribution in [2.75, 3.05) is 5.32 Å². The second kappa shape index (κ2) is 7.94. The molecule has 2 rings (SSSR count). The minimum Gasteiger partial charge on any atom is -0.321 e. The quantitative estimate of drug-likeness (QED) is 0.816. The molecule has 0 aliphatic rings. The number of hydrogen-bond donors (Lipinski definition) is 2. The molecule has 0 aliphatic heterocycles. The first kappa shape index (κ1) is 18.7. The Kier molecular flexibility index (Phi) is 5.93. The van der Waals surface area contributed by atoms with Crippen LogP contribution in [-0.2, 0) is 9.59 Å². The summed E-state index contributed by atoms with van der Waals surface area (Å²) in [7, 11) is 0. The Morgan fingerprint density at radius 2 is 1.76 bits per heavy atom. The highest BCUT2D eigenvalue weighted by Gasteiger charge is 2.24. The summed E-state index contributed by atoms with van der Waals surface area (Å²) in [6.07, 6.45) is 3.17. The van der Waals surface area contributed by atoms with Crippen LogP contribution in [0, 0.1) is 5.41 Å². The summed E-state index contributed by atoms with van der Waals surface area (Å²) in [6.45, 7) is 5.33. The monoisotopic (exact) mass is 357 g/mol. The zero-order chi connectivity index (χ0) is 18.4. The van der Waals surface area contributed by atoms with Crippen LogP contribution in [0.5, 0.6) is 0 Å². The van der Waals surface area contributed by atoms with E-state index in [0.29, 0.717) is 10.8 Å². The minimum absolute atomic E-state index is 0.132. The van der Waals surface area contributed by atoms with Gasteiger partial charge in [-0.15, -0.1) is 0 Å². The van der Waals surface area contributed by atoms with Crippen LogP contribution in [0.1, 0.15) is 26.3 Å². The zero-order valence-electron chi connectivity index (χ0n) is 14.3. The summed E-state index contributed by atoms with van der Waals surface area (Å²) in [6, 6.07) is 12.1. The van der Waals surface area contributed by atoms with Crippen molar-refractivity contribution in [1.82, 2.24) is 10.3 Å². The van der Waals surface area contributed by atoms with Crippen molar-refractivity contribution < 1.29 is 9.59 Å². The third-order valence-corrected chi connectivity index (χ3v) is 3.51. The van der Waals surface area contributed by atoms with Crippen LogP contribution < -0.4 is 10.6 Å². The molecular formula is C19H20ClN3O2. The Labute approximate surface area is 152 Å². The number of pyridine rings is 1. The molecule has 0 saturated heterocycles. The molecule has 130 valence electrons. The predicted molar refractivity (Wildman–Crippen MR) is 99.9 cm³/mol. The molecule has 0 bridgehead atoms. The van der Waals surface area contributed by atoms with E-state index in [1.807, 2.05) is 0 Å². The molecule has 1 aromatic carbocycles. The first-order valence-corrected chi connectivity index (χ1v) is 8.14. The van der Waals surface area contributed by atoms with Gasteiger partial charge in [-0.05, 0) is 35.9 Å². The van der Waals surface area contributed by atoms with Gasteiger partial charge in [-0.3, -0.25) is 9.59 Å². The van der Waals surface area contributed by atoms with Gasteiger partial charge in [0.1, 0.15) is 11.5 Å². The lowest BCUT2D eigenvalue weighted by atomic mass is 9.95. The van der Waals surface area contributed by atoms with E-state index in [1.54, 1.807) is 75.5 Å². The molecule has 2 amide bonds. The van der Waals surface area contributed by atoms with Crippen molar-refractivity contribution in [1.29, 1.82) is 0 Å². The van der Waals surface area contributed by atoms with Crippen molar-refractivity contribution in [2.45, 2.75) is 20.8 Å². The normalized spacial score (nSPS) is 11.8. The van der Waals surface area contributed by atoms with Gasteiger partial charge in [-0.25, -0.2) is 4.98 Å². The lowest BCUT2D eigenvalue weighted by Gasteiger charge is -2.19. The van der Waals surface area contributed by atoms with E-state index < -0.39 is 11.3 Å². The van der Waals surface area contributed by atoms with Gasteiger partial charge in [0.15, 0.2) is 0 Å². The molecule has 5 nitrogen and oxygen atoms in total. The minimum atomic E-state index is -0.635. The molecule has 0 fully saturated rings. The number of carbonyl (C=O) groups is 2. The van der Waals surface area contributed by atoms with Crippen LogP contribution in [0.4, 0.5) is 5.82 Å². The Balaban J connectivity index is 2.29. The smallest absolute Gasteiger partial charge is 0.273 e. The van der Waals surface area contributed by atoms with Gasteiger partial charge in [0.2, 0.25) is 5.91 Å². The first-order valence-electron chi connectivity index (χ1n) is 7.77. The second-order valence-electron chi connectivity index (χ2n) is 6.48. The lowest BCUT2D eigenvalue weighted by molar-refractivity contribution is -0.128. The Hall–Kier alpha value is -2.66. The van der Waals surface area contributed by atoms with Gasteiger partial charge in [0.05, 0.1) is 0 Å². The third kappa shape index (κ3) is 5.72. The molecule has 0 atom stereocenters. The van der Waals surface area contributed by atoms with Crippen LogP contribution in [0.25, 0.3) is 6.08 Å². The average Bonchev–Trinajstić information content (AvgIpc) is 2.56. The number of anilines is 1. The largest absolute Gasteiger partial charge is 0.321 e. The Bertz CT molecular complexity index is 779. The summed E-state index contributed by atoms with van der Waals surface area (Å²) in [4.78, 5) is 29.0. The number of benzene rings is 1. The summed E-state index contributed by atoms with van der Waals surface area (Å²) < 4.78 is 0. The molecule has 1 heterocycles. The van der Waals surface area contributed by atoms with Crippen molar-refractivity contribution >= 4 is 35.3 Å². The number of rotatable bonds is 4. The molecule has 2 aromatic rings.